The summed E-state index contributed by atoms with van der Waals surface area (Å²) in [4.78, 5) is 22.2. The van der Waals surface area contributed by atoms with Crippen LogP contribution >= 0.6 is 0 Å². The van der Waals surface area contributed by atoms with Crippen LogP contribution in [-0.4, -0.2) is 35.7 Å². The molecule has 0 saturated heterocycles. The van der Waals surface area contributed by atoms with Crippen molar-refractivity contribution in [3.05, 3.63) is 0 Å². The van der Waals surface area contributed by atoms with Gasteiger partial charge in [0.2, 0.25) is 0 Å². The molecule has 1 saturated carbocycles. The molecule has 1 rings (SSSR count). The van der Waals surface area contributed by atoms with Gasteiger partial charge in [0.05, 0.1) is 6.42 Å². The van der Waals surface area contributed by atoms with Crippen LogP contribution in [-0.2, 0) is 14.3 Å². The van der Waals surface area contributed by atoms with Crippen LogP contribution in [0.1, 0.15) is 39.0 Å². The lowest BCUT2D eigenvalue weighted by Gasteiger charge is -2.27. The molecule has 1 fully saturated rings. The summed E-state index contributed by atoms with van der Waals surface area (Å²) in [6, 6.07) is 0. The molecule has 0 aromatic rings. The van der Waals surface area contributed by atoms with Gasteiger partial charge in [-0.1, -0.05) is 0 Å². The van der Waals surface area contributed by atoms with Gasteiger partial charge in [0.15, 0.2) is 0 Å². The summed E-state index contributed by atoms with van der Waals surface area (Å²) in [5, 5.41) is 11.1. The lowest BCUT2D eigenvalue weighted by Crippen LogP contribution is -2.47. The molecule has 0 radical (unpaired) electrons. The predicted octanol–water partition coefficient (Wildman–Crippen LogP) is 0.927. The Morgan fingerprint density at radius 1 is 1.38 bits per heavy atom. The fourth-order valence-electron chi connectivity index (χ4n) is 2.10. The van der Waals surface area contributed by atoms with Crippen molar-refractivity contribution in [3.63, 3.8) is 0 Å². The van der Waals surface area contributed by atoms with Gasteiger partial charge >= 0.3 is 5.97 Å². The summed E-state index contributed by atoms with van der Waals surface area (Å²) < 4.78 is 5.55. The van der Waals surface area contributed by atoms with Crippen molar-refractivity contribution in [1.29, 1.82) is 0 Å². The molecule has 0 aromatic heterocycles. The van der Waals surface area contributed by atoms with Crippen molar-refractivity contribution in [2.24, 2.45) is 0 Å². The van der Waals surface area contributed by atoms with E-state index in [4.69, 9.17) is 9.84 Å². The number of aliphatic carboxylic acids is 1. The molecule has 0 aliphatic heterocycles. The van der Waals surface area contributed by atoms with Crippen LogP contribution in [0.25, 0.3) is 0 Å². The molecule has 1 aliphatic carbocycles. The third-order valence-corrected chi connectivity index (χ3v) is 2.87. The van der Waals surface area contributed by atoms with Gasteiger partial charge in [-0.2, -0.15) is 0 Å². The summed E-state index contributed by atoms with van der Waals surface area (Å²) in [5.74, 6) is -1.06. The second-order valence-electron chi connectivity index (χ2n) is 4.03. The maximum atomic E-state index is 11.9. The average Bonchev–Trinajstić information content (AvgIpc) is 2.67. The first-order valence-electron chi connectivity index (χ1n) is 5.75. The fourth-order valence-corrected chi connectivity index (χ4v) is 2.10. The van der Waals surface area contributed by atoms with E-state index in [-0.39, 0.29) is 18.9 Å². The Kier molecular flexibility index (Phi) is 4.73. The average molecular weight is 229 g/mol. The van der Waals surface area contributed by atoms with Crippen LogP contribution in [0.3, 0.4) is 0 Å². The molecule has 0 aromatic carbocycles. The second-order valence-corrected chi connectivity index (χ2v) is 4.03. The molecule has 1 aliphatic rings. The maximum Gasteiger partial charge on any atom is 0.305 e. The van der Waals surface area contributed by atoms with Crippen molar-refractivity contribution in [1.82, 2.24) is 5.32 Å². The quantitative estimate of drug-likeness (QED) is 0.710. The van der Waals surface area contributed by atoms with Crippen LogP contribution in [0.5, 0.6) is 0 Å². The third-order valence-electron chi connectivity index (χ3n) is 2.87. The number of nitrogens with one attached hydrogen (secondary N) is 1. The zero-order chi connectivity index (χ0) is 12.0. The van der Waals surface area contributed by atoms with E-state index < -0.39 is 11.6 Å². The highest BCUT2D eigenvalue weighted by Gasteiger charge is 2.41. The Hall–Kier alpha value is -1.10. The fraction of sp³-hybridized carbons (Fsp3) is 0.818. The number of ether oxygens (including phenoxy) is 1. The van der Waals surface area contributed by atoms with Crippen LogP contribution in [0, 0.1) is 0 Å². The van der Waals surface area contributed by atoms with E-state index in [9.17, 15) is 9.59 Å². The van der Waals surface area contributed by atoms with Crippen LogP contribution in [0.15, 0.2) is 0 Å². The summed E-state index contributed by atoms with van der Waals surface area (Å²) in [6.07, 6.45) is 3.41. The molecule has 0 unspecified atom stereocenters. The van der Waals surface area contributed by atoms with E-state index in [1.807, 2.05) is 6.92 Å². The standard InChI is InChI=1S/C11H19NO4/c1-2-16-11(6-3-4-7-11)10(15)12-8-5-9(13)14/h2-8H2,1H3,(H,12,15)(H,13,14). The Labute approximate surface area is 95.2 Å². The van der Waals surface area contributed by atoms with E-state index in [2.05, 4.69) is 5.32 Å². The predicted molar refractivity (Wildman–Crippen MR) is 58.1 cm³/mol. The Bertz CT molecular complexity index is 259. The molecule has 16 heavy (non-hydrogen) atoms. The first-order valence-corrected chi connectivity index (χ1v) is 5.75. The molecule has 5 nitrogen and oxygen atoms in total. The normalized spacial score (nSPS) is 18.3. The zero-order valence-corrected chi connectivity index (χ0v) is 9.62. The summed E-state index contributed by atoms with van der Waals surface area (Å²) in [7, 11) is 0. The van der Waals surface area contributed by atoms with Crippen LogP contribution in [0.4, 0.5) is 0 Å². The first kappa shape index (κ1) is 13.0. The van der Waals surface area contributed by atoms with E-state index >= 15 is 0 Å². The van der Waals surface area contributed by atoms with E-state index in [0.29, 0.717) is 6.61 Å². The van der Waals surface area contributed by atoms with Gasteiger partial charge in [-0.05, 0) is 32.6 Å². The van der Waals surface area contributed by atoms with Crippen molar-refractivity contribution in [2.45, 2.75) is 44.6 Å². The summed E-state index contributed by atoms with van der Waals surface area (Å²) in [5.41, 5.74) is -0.701. The van der Waals surface area contributed by atoms with Gasteiger partial charge in [0.1, 0.15) is 5.60 Å². The molecular weight excluding hydrogens is 210 g/mol. The topological polar surface area (TPSA) is 75.6 Å². The number of carboxylic acid groups (broad SMARTS) is 1. The molecule has 5 heteroatoms. The maximum absolute atomic E-state index is 11.9. The molecule has 0 heterocycles. The van der Waals surface area contributed by atoms with Gasteiger partial charge in [0.25, 0.3) is 5.91 Å². The number of carboxylic acids is 1. The van der Waals surface area contributed by atoms with E-state index in [1.54, 1.807) is 0 Å². The van der Waals surface area contributed by atoms with Gasteiger partial charge in [-0.25, -0.2) is 0 Å². The van der Waals surface area contributed by atoms with Gasteiger partial charge in [-0.15, -0.1) is 0 Å². The molecular formula is C11H19NO4. The minimum atomic E-state index is -0.905. The number of rotatable bonds is 6. The highest BCUT2D eigenvalue weighted by Crippen LogP contribution is 2.33. The molecule has 1 amide bonds. The largest absolute Gasteiger partial charge is 0.481 e. The Morgan fingerprint density at radius 2 is 2.00 bits per heavy atom. The van der Waals surface area contributed by atoms with Crippen molar-refractivity contribution in [2.75, 3.05) is 13.2 Å². The minimum absolute atomic E-state index is 0.0477. The monoisotopic (exact) mass is 229 g/mol. The lowest BCUT2D eigenvalue weighted by atomic mass is 10.0. The summed E-state index contributed by atoms with van der Waals surface area (Å²) >= 11 is 0. The van der Waals surface area contributed by atoms with Crippen molar-refractivity contribution >= 4 is 11.9 Å². The number of hydrogen-bond donors (Lipinski definition) is 2. The number of carbonyl (C=O) groups excluding carboxylic acids is 1. The third kappa shape index (κ3) is 3.20. The molecule has 2 N–H and O–H groups in total. The smallest absolute Gasteiger partial charge is 0.305 e. The molecule has 92 valence electrons. The van der Waals surface area contributed by atoms with E-state index in [0.717, 1.165) is 25.7 Å². The van der Waals surface area contributed by atoms with Crippen molar-refractivity contribution < 1.29 is 19.4 Å². The second kappa shape index (κ2) is 5.84. The lowest BCUT2D eigenvalue weighted by molar-refractivity contribution is -0.146. The molecule has 0 spiro atoms. The molecule has 0 atom stereocenters. The van der Waals surface area contributed by atoms with Gasteiger partial charge in [-0.3, -0.25) is 9.59 Å². The number of hydrogen-bond acceptors (Lipinski definition) is 3. The Morgan fingerprint density at radius 3 is 2.50 bits per heavy atom. The van der Waals surface area contributed by atoms with Crippen molar-refractivity contribution in [3.8, 4) is 0 Å². The minimum Gasteiger partial charge on any atom is -0.481 e. The highest BCUT2D eigenvalue weighted by atomic mass is 16.5. The first-order chi connectivity index (χ1) is 7.60. The number of carbonyl (C=O) groups is 2. The highest BCUT2D eigenvalue weighted by molar-refractivity contribution is 5.85. The Balaban J connectivity index is 2.45. The summed E-state index contributed by atoms with van der Waals surface area (Å²) in [6.45, 7) is 2.54. The van der Waals surface area contributed by atoms with Gasteiger partial charge < -0.3 is 15.2 Å². The van der Waals surface area contributed by atoms with Crippen LogP contribution < -0.4 is 5.32 Å². The van der Waals surface area contributed by atoms with Crippen LogP contribution in [0.2, 0.25) is 0 Å². The van der Waals surface area contributed by atoms with E-state index in [1.165, 1.54) is 0 Å². The number of amides is 1. The zero-order valence-electron chi connectivity index (χ0n) is 9.62. The molecule has 0 bridgehead atoms. The van der Waals surface area contributed by atoms with Gasteiger partial charge in [0, 0.05) is 13.2 Å². The SMILES string of the molecule is CCOC1(C(=O)NCCC(=O)O)CCCC1.